The van der Waals surface area contributed by atoms with Crippen LogP contribution in [0.15, 0.2) is 24.3 Å². The summed E-state index contributed by atoms with van der Waals surface area (Å²) in [5.41, 5.74) is 2.08. The third-order valence-electron chi connectivity index (χ3n) is 3.65. The first-order valence-electron chi connectivity index (χ1n) is 7.34. The molecule has 0 saturated heterocycles. The van der Waals surface area contributed by atoms with E-state index in [9.17, 15) is 4.79 Å². The Kier molecular flexibility index (Phi) is 4.96. The molecule has 1 atom stereocenters. The Hall–Kier alpha value is -1.88. The van der Waals surface area contributed by atoms with Crippen molar-refractivity contribution in [2.75, 3.05) is 7.11 Å². The smallest absolute Gasteiger partial charge is 0.323 e. The Balaban J connectivity index is 2.21. The summed E-state index contributed by atoms with van der Waals surface area (Å²) in [5, 5.41) is 9.02. The van der Waals surface area contributed by atoms with Crippen LogP contribution >= 0.6 is 0 Å². The molecule has 0 radical (unpaired) electrons. The van der Waals surface area contributed by atoms with Crippen molar-refractivity contribution >= 4 is 16.9 Å². The topological polar surface area (TPSA) is 56.2 Å². The van der Waals surface area contributed by atoms with E-state index in [0.717, 1.165) is 23.1 Å². The average Bonchev–Trinajstić information content (AvgIpc) is 2.85. The van der Waals surface area contributed by atoms with Crippen LogP contribution in [0.25, 0.3) is 10.9 Å². The summed E-state index contributed by atoms with van der Waals surface area (Å²) in [5.74, 6) is -0.0683. The first-order chi connectivity index (χ1) is 10.1. The fraction of sp³-hybridized carbons (Fsp3) is 0.500. The molecule has 1 heterocycles. The maximum absolute atomic E-state index is 11.8. The van der Waals surface area contributed by atoms with Gasteiger partial charge in [0.15, 0.2) is 0 Å². The molecule has 5 heteroatoms. The summed E-state index contributed by atoms with van der Waals surface area (Å²) in [6.07, 6.45) is 0. The molecule has 0 aliphatic carbocycles. The minimum absolute atomic E-state index is 0.164. The molecule has 0 saturated carbocycles. The van der Waals surface area contributed by atoms with Gasteiger partial charge in [-0.1, -0.05) is 32.0 Å². The lowest BCUT2D eigenvalue weighted by molar-refractivity contribution is -0.144. The number of nitrogens with zero attached hydrogens (tertiary/aromatic N) is 2. The van der Waals surface area contributed by atoms with E-state index in [-0.39, 0.29) is 17.9 Å². The highest BCUT2D eigenvalue weighted by molar-refractivity contribution is 5.82. The molecule has 5 nitrogen and oxygen atoms in total. The minimum atomic E-state index is -0.319. The Labute approximate surface area is 125 Å². The normalized spacial score (nSPS) is 12.8. The number of carbonyl (C=O) groups is 1. The molecule has 1 N–H and O–H groups in total. The molecule has 114 valence electrons. The monoisotopic (exact) mass is 289 g/mol. The number of ether oxygens (including phenoxy) is 1. The Morgan fingerprint density at radius 1 is 1.38 bits per heavy atom. The van der Waals surface area contributed by atoms with Gasteiger partial charge in [-0.3, -0.25) is 14.8 Å². The predicted molar refractivity (Wildman–Crippen MR) is 82.9 cm³/mol. The van der Waals surface area contributed by atoms with Crippen molar-refractivity contribution in [1.82, 2.24) is 15.1 Å². The van der Waals surface area contributed by atoms with Crippen LogP contribution in [0.1, 0.15) is 26.5 Å². The van der Waals surface area contributed by atoms with Gasteiger partial charge in [-0.15, -0.1) is 0 Å². The number of nitrogens with one attached hydrogen (secondary N) is 1. The second-order valence-electron chi connectivity index (χ2n) is 5.41. The van der Waals surface area contributed by atoms with E-state index in [1.54, 1.807) is 0 Å². The lowest BCUT2D eigenvalue weighted by Gasteiger charge is -2.19. The van der Waals surface area contributed by atoms with Crippen LogP contribution in [0.3, 0.4) is 0 Å². The number of hydrogen-bond donors (Lipinski definition) is 1. The summed E-state index contributed by atoms with van der Waals surface area (Å²) in [6.45, 7) is 7.44. The van der Waals surface area contributed by atoms with Crippen LogP contribution in [-0.2, 0) is 22.6 Å². The van der Waals surface area contributed by atoms with Crippen LogP contribution < -0.4 is 5.32 Å². The maximum Gasteiger partial charge on any atom is 0.323 e. The van der Waals surface area contributed by atoms with Crippen LogP contribution in [0.4, 0.5) is 0 Å². The number of aryl methyl sites for hydroxylation is 1. The summed E-state index contributed by atoms with van der Waals surface area (Å²) >= 11 is 0. The van der Waals surface area contributed by atoms with E-state index in [4.69, 9.17) is 4.74 Å². The molecule has 21 heavy (non-hydrogen) atoms. The van der Waals surface area contributed by atoms with Gasteiger partial charge in [0.1, 0.15) is 6.04 Å². The highest BCUT2D eigenvalue weighted by Crippen LogP contribution is 2.18. The lowest BCUT2D eigenvalue weighted by atomic mass is 10.0. The molecular formula is C16H23N3O2. The van der Waals surface area contributed by atoms with Crippen molar-refractivity contribution in [3.8, 4) is 0 Å². The van der Waals surface area contributed by atoms with Crippen molar-refractivity contribution in [3.05, 3.63) is 30.0 Å². The number of benzene rings is 1. The maximum atomic E-state index is 11.8. The molecule has 0 fully saturated rings. The van der Waals surface area contributed by atoms with Crippen LogP contribution in [-0.4, -0.2) is 28.9 Å². The number of esters is 1. The van der Waals surface area contributed by atoms with Crippen LogP contribution in [0, 0.1) is 5.92 Å². The van der Waals surface area contributed by atoms with E-state index >= 15 is 0 Å². The van der Waals surface area contributed by atoms with Gasteiger partial charge in [0, 0.05) is 18.5 Å². The van der Waals surface area contributed by atoms with E-state index in [0.29, 0.717) is 6.54 Å². The molecule has 1 aromatic carbocycles. The summed E-state index contributed by atoms with van der Waals surface area (Å²) in [7, 11) is 1.42. The number of para-hydroxylation sites is 1. The van der Waals surface area contributed by atoms with Crippen molar-refractivity contribution in [2.24, 2.45) is 5.92 Å². The van der Waals surface area contributed by atoms with Gasteiger partial charge in [0.2, 0.25) is 0 Å². The zero-order chi connectivity index (χ0) is 15.4. The third-order valence-corrected chi connectivity index (χ3v) is 3.65. The summed E-state index contributed by atoms with van der Waals surface area (Å²) in [4.78, 5) is 11.8. The van der Waals surface area contributed by atoms with Gasteiger partial charge in [-0.2, -0.15) is 5.10 Å². The fourth-order valence-corrected chi connectivity index (χ4v) is 2.49. The number of rotatable bonds is 6. The first kappa shape index (κ1) is 15.5. The Morgan fingerprint density at radius 2 is 2.10 bits per heavy atom. The molecule has 1 aromatic heterocycles. The Morgan fingerprint density at radius 3 is 2.71 bits per heavy atom. The van der Waals surface area contributed by atoms with Crippen molar-refractivity contribution in [1.29, 1.82) is 0 Å². The van der Waals surface area contributed by atoms with E-state index in [1.807, 2.05) is 30.7 Å². The first-order valence-corrected chi connectivity index (χ1v) is 7.34. The predicted octanol–water partition coefficient (Wildman–Crippen LogP) is 2.34. The average molecular weight is 289 g/mol. The lowest BCUT2D eigenvalue weighted by Crippen LogP contribution is -2.41. The molecule has 0 aliphatic heterocycles. The molecule has 2 aromatic rings. The molecule has 1 unspecified atom stereocenters. The number of methoxy groups -OCH3 is 1. The van der Waals surface area contributed by atoms with Gasteiger partial charge >= 0.3 is 5.97 Å². The Bertz CT molecular complexity index is 619. The van der Waals surface area contributed by atoms with Crippen LogP contribution in [0.5, 0.6) is 0 Å². The highest BCUT2D eigenvalue weighted by Gasteiger charge is 2.23. The highest BCUT2D eigenvalue weighted by atomic mass is 16.5. The molecule has 0 aliphatic rings. The standard InChI is InChI=1S/C16H23N3O2/c1-5-19-14-9-7-6-8-12(14)13(18-19)10-17-15(11(2)3)16(20)21-4/h6-9,11,15,17H,5,10H2,1-4H3. The molecule has 2 rings (SSSR count). The number of hydrogen-bond acceptors (Lipinski definition) is 4. The zero-order valence-corrected chi connectivity index (χ0v) is 13.1. The van der Waals surface area contributed by atoms with E-state index in [1.165, 1.54) is 7.11 Å². The molecule has 0 bridgehead atoms. The SMILES string of the molecule is CCn1nc(CNC(C(=O)OC)C(C)C)c2ccccc21. The largest absolute Gasteiger partial charge is 0.468 e. The van der Waals surface area contributed by atoms with Crippen molar-refractivity contribution in [3.63, 3.8) is 0 Å². The number of fused-ring (bicyclic) bond motifs is 1. The molecular weight excluding hydrogens is 266 g/mol. The summed E-state index contributed by atoms with van der Waals surface area (Å²) < 4.78 is 6.83. The third kappa shape index (κ3) is 3.24. The van der Waals surface area contributed by atoms with E-state index < -0.39 is 0 Å². The van der Waals surface area contributed by atoms with Crippen molar-refractivity contribution in [2.45, 2.75) is 39.9 Å². The van der Waals surface area contributed by atoms with Gasteiger partial charge < -0.3 is 4.74 Å². The quantitative estimate of drug-likeness (QED) is 0.829. The zero-order valence-electron chi connectivity index (χ0n) is 13.1. The van der Waals surface area contributed by atoms with Gasteiger partial charge in [0.25, 0.3) is 0 Å². The number of carbonyl (C=O) groups excluding carboxylic acids is 1. The van der Waals surface area contributed by atoms with Crippen LogP contribution in [0.2, 0.25) is 0 Å². The summed E-state index contributed by atoms with van der Waals surface area (Å²) in [6, 6.07) is 7.83. The van der Waals surface area contributed by atoms with Gasteiger partial charge in [0.05, 0.1) is 18.3 Å². The van der Waals surface area contributed by atoms with Gasteiger partial charge in [-0.25, -0.2) is 0 Å². The fourth-order valence-electron chi connectivity index (χ4n) is 2.49. The van der Waals surface area contributed by atoms with E-state index in [2.05, 4.69) is 29.5 Å². The second kappa shape index (κ2) is 6.72. The number of aromatic nitrogens is 2. The minimum Gasteiger partial charge on any atom is -0.468 e. The van der Waals surface area contributed by atoms with Crippen molar-refractivity contribution < 1.29 is 9.53 Å². The second-order valence-corrected chi connectivity index (χ2v) is 5.41. The molecule has 0 spiro atoms. The van der Waals surface area contributed by atoms with Gasteiger partial charge in [-0.05, 0) is 18.9 Å². The molecule has 0 amide bonds.